The number of esters is 1. The topological polar surface area (TPSA) is 65.1 Å². The van der Waals surface area contributed by atoms with Crippen LogP contribution in [0.3, 0.4) is 0 Å². The summed E-state index contributed by atoms with van der Waals surface area (Å²) >= 11 is 5.85. The predicted octanol–water partition coefficient (Wildman–Crippen LogP) is 2.29. The minimum Gasteiger partial charge on any atom is -0.478 e. The van der Waals surface area contributed by atoms with E-state index in [1.54, 1.807) is 45.2 Å². The van der Waals surface area contributed by atoms with Crippen molar-refractivity contribution < 1.29 is 23.8 Å². The summed E-state index contributed by atoms with van der Waals surface area (Å²) in [6.45, 7) is 3.65. The number of amides is 1. The Morgan fingerprint density at radius 2 is 1.83 bits per heavy atom. The molecule has 0 radical (unpaired) electrons. The molecule has 1 fully saturated rings. The molecule has 1 heterocycles. The van der Waals surface area contributed by atoms with E-state index in [0.717, 1.165) is 0 Å². The molecular weight excluding hydrogens is 334 g/mol. The average Bonchev–Trinajstić information content (AvgIpc) is 2.99. The van der Waals surface area contributed by atoms with E-state index < -0.39 is 17.6 Å². The van der Waals surface area contributed by atoms with Crippen molar-refractivity contribution in [2.45, 2.75) is 38.0 Å². The van der Waals surface area contributed by atoms with Crippen molar-refractivity contribution in [2.75, 3.05) is 20.8 Å². The largest absolute Gasteiger partial charge is 0.478 e. The summed E-state index contributed by atoms with van der Waals surface area (Å²) in [5.41, 5.74) is -1.15. The third-order valence-corrected chi connectivity index (χ3v) is 4.28. The van der Waals surface area contributed by atoms with Crippen LogP contribution in [0, 0.1) is 0 Å². The van der Waals surface area contributed by atoms with Gasteiger partial charge in [0.1, 0.15) is 11.8 Å². The normalized spacial score (nSPS) is 20.8. The lowest BCUT2D eigenvalue weighted by molar-refractivity contribution is -0.156. The van der Waals surface area contributed by atoms with Crippen LogP contribution >= 0.6 is 11.6 Å². The number of methoxy groups -OCH3 is 2. The Kier molecular flexibility index (Phi) is 5.72. The molecule has 1 aromatic carbocycles. The molecule has 0 bridgehead atoms. The van der Waals surface area contributed by atoms with Gasteiger partial charge in [-0.05, 0) is 38.1 Å². The number of hydrogen-bond acceptors (Lipinski definition) is 5. The van der Waals surface area contributed by atoms with Crippen LogP contribution in [0.5, 0.6) is 5.75 Å². The van der Waals surface area contributed by atoms with Crippen molar-refractivity contribution in [3.05, 3.63) is 29.3 Å². The van der Waals surface area contributed by atoms with Crippen molar-refractivity contribution in [1.82, 2.24) is 4.90 Å². The molecular formula is C17H22ClNO5. The first-order valence-electron chi connectivity index (χ1n) is 7.64. The molecule has 24 heavy (non-hydrogen) atoms. The Morgan fingerprint density at radius 3 is 2.38 bits per heavy atom. The number of benzene rings is 1. The zero-order valence-corrected chi connectivity index (χ0v) is 15.0. The molecule has 1 amide bonds. The Labute approximate surface area is 146 Å². The SMILES string of the molecule is COC(=O)[C@H]1C[C@@H](OC)CN1C(=O)C(C)(C)Oc1ccc(Cl)cc1. The molecule has 1 saturated heterocycles. The van der Waals surface area contributed by atoms with Crippen molar-refractivity contribution in [2.24, 2.45) is 0 Å². The van der Waals surface area contributed by atoms with Gasteiger partial charge < -0.3 is 19.1 Å². The predicted molar refractivity (Wildman–Crippen MR) is 89.1 cm³/mol. The van der Waals surface area contributed by atoms with E-state index in [1.807, 2.05) is 0 Å². The van der Waals surface area contributed by atoms with Crippen molar-refractivity contribution in [3.63, 3.8) is 0 Å². The fourth-order valence-electron chi connectivity index (χ4n) is 2.74. The number of carbonyl (C=O) groups is 2. The molecule has 0 aromatic heterocycles. The van der Waals surface area contributed by atoms with E-state index in [-0.39, 0.29) is 12.0 Å². The van der Waals surface area contributed by atoms with Gasteiger partial charge in [0.15, 0.2) is 5.60 Å². The van der Waals surface area contributed by atoms with Gasteiger partial charge in [0, 0.05) is 25.1 Å². The summed E-state index contributed by atoms with van der Waals surface area (Å²) in [6, 6.07) is 6.09. The first-order valence-corrected chi connectivity index (χ1v) is 8.02. The molecule has 0 unspecified atom stereocenters. The van der Waals surface area contributed by atoms with E-state index in [1.165, 1.54) is 12.0 Å². The smallest absolute Gasteiger partial charge is 0.328 e. The molecule has 0 spiro atoms. The Morgan fingerprint density at radius 1 is 1.21 bits per heavy atom. The van der Waals surface area contributed by atoms with E-state index in [4.69, 9.17) is 25.8 Å². The second-order valence-corrected chi connectivity index (χ2v) is 6.59. The summed E-state index contributed by atoms with van der Waals surface area (Å²) in [4.78, 5) is 26.4. The minimum absolute atomic E-state index is 0.204. The van der Waals surface area contributed by atoms with Crippen molar-refractivity contribution in [1.29, 1.82) is 0 Å². The molecule has 132 valence electrons. The van der Waals surface area contributed by atoms with Gasteiger partial charge in [-0.1, -0.05) is 11.6 Å². The standard InChI is InChI=1S/C17H22ClNO5/c1-17(2,24-12-7-5-11(18)6-8-12)16(21)19-10-13(22-3)9-14(19)15(20)23-4/h5-8,13-14H,9-10H2,1-4H3/t13-,14-/m1/s1. The highest BCUT2D eigenvalue weighted by molar-refractivity contribution is 6.30. The van der Waals surface area contributed by atoms with E-state index >= 15 is 0 Å². The fourth-order valence-corrected chi connectivity index (χ4v) is 2.86. The molecule has 6 nitrogen and oxygen atoms in total. The summed E-state index contributed by atoms with van der Waals surface area (Å²) < 4.78 is 15.9. The number of nitrogens with zero attached hydrogens (tertiary/aromatic N) is 1. The number of hydrogen-bond donors (Lipinski definition) is 0. The summed E-state index contributed by atoms with van der Waals surface area (Å²) in [5.74, 6) is -0.229. The van der Waals surface area contributed by atoms with Gasteiger partial charge in [-0.3, -0.25) is 4.79 Å². The molecule has 1 aromatic rings. The molecule has 7 heteroatoms. The maximum absolute atomic E-state index is 12.9. The maximum Gasteiger partial charge on any atom is 0.328 e. The molecule has 2 atom stereocenters. The minimum atomic E-state index is -1.15. The maximum atomic E-state index is 12.9. The monoisotopic (exact) mass is 355 g/mol. The number of halogens is 1. The lowest BCUT2D eigenvalue weighted by Crippen LogP contribution is -2.52. The second kappa shape index (κ2) is 7.40. The highest BCUT2D eigenvalue weighted by atomic mass is 35.5. The van der Waals surface area contributed by atoms with Crippen molar-refractivity contribution in [3.8, 4) is 5.75 Å². The van der Waals surface area contributed by atoms with Gasteiger partial charge in [-0.25, -0.2) is 4.79 Å². The van der Waals surface area contributed by atoms with Gasteiger partial charge in [0.2, 0.25) is 0 Å². The van der Waals surface area contributed by atoms with Crippen LogP contribution in [-0.4, -0.2) is 55.3 Å². The summed E-state index contributed by atoms with van der Waals surface area (Å²) in [5, 5.41) is 0.583. The zero-order chi connectivity index (χ0) is 17.9. The third kappa shape index (κ3) is 3.99. The highest BCUT2D eigenvalue weighted by Gasteiger charge is 2.46. The van der Waals surface area contributed by atoms with Gasteiger partial charge >= 0.3 is 5.97 Å². The van der Waals surface area contributed by atoms with Crippen LogP contribution in [0.1, 0.15) is 20.3 Å². The van der Waals surface area contributed by atoms with Crippen LogP contribution in [0.4, 0.5) is 0 Å². The Hall–Kier alpha value is -1.79. The van der Waals surface area contributed by atoms with Gasteiger partial charge in [-0.15, -0.1) is 0 Å². The average molecular weight is 356 g/mol. The van der Waals surface area contributed by atoms with Crippen LogP contribution in [-0.2, 0) is 19.1 Å². The lowest BCUT2D eigenvalue weighted by Gasteiger charge is -2.32. The quantitative estimate of drug-likeness (QED) is 0.758. The van der Waals surface area contributed by atoms with E-state index in [9.17, 15) is 9.59 Å². The molecule has 1 aliphatic rings. The highest BCUT2D eigenvalue weighted by Crippen LogP contribution is 2.27. The number of ether oxygens (including phenoxy) is 3. The fraction of sp³-hybridized carbons (Fsp3) is 0.529. The van der Waals surface area contributed by atoms with Crippen molar-refractivity contribution >= 4 is 23.5 Å². The van der Waals surface area contributed by atoms with E-state index in [2.05, 4.69) is 0 Å². The first-order chi connectivity index (χ1) is 11.3. The zero-order valence-electron chi connectivity index (χ0n) is 14.2. The molecule has 0 N–H and O–H groups in total. The lowest BCUT2D eigenvalue weighted by atomic mass is 10.1. The van der Waals surface area contributed by atoms with Crippen LogP contribution in [0.25, 0.3) is 0 Å². The molecule has 0 saturated carbocycles. The second-order valence-electron chi connectivity index (χ2n) is 6.16. The Bertz CT molecular complexity index is 602. The van der Waals surface area contributed by atoms with Crippen LogP contribution in [0.15, 0.2) is 24.3 Å². The number of likely N-dealkylation sites (tertiary alicyclic amines) is 1. The van der Waals surface area contributed by atoms with E-state index in [0.29, 0.717) is 23.7 Å². The third-order valence-electron chi connectivity index (χ3n) is 4.03. The molecule has 2 rings (SSSR count). The van der Waals surface area contributed by atoms with Gasteiger partial charge in [-0.2, -0.15) is 0 Å². The van der Waals surface area contributed by atoms with Crippen LogP contribution < -0.4 is 4.74 Å². The number of rotatable bonds is 5. The van der Waals surface area contributed by atoms with Gasteiger partial charge in [0.25, 0.3) is 5.91 Å². The Balaban J connectivity index is 2.17. The van der Waals surface area contributed by atoms with Gasteiger partial charge in [0.05, 0.1) is 13.2 Å². The number of carbonyl (C=O) groups excluding carboxylic acids is 2. The summed E-state index contributed by atoms with van der Waals surface area (Å²) in [6.07, 6.45) is 0.204. The summed E-state index contributed by atoms with van der Waals surface area (Å²) in [7, 11) is 2.86. The molecule has 1 aliphatic heterocycles. The first kappa shape index (κ1) is 18.5. The molecule has 0 aliphatic carbocycles. The van der Waals surface area contributed by atoms with Crippen LogP contribution in [0.2, 0.25) is 5.02 Å².